The maximum absolute atomic E-state index is 12.9. The van der Waals surface area contributed by atoms with Gasteiger partial charge in [0, 0.05) is 17.7 Å². The van der Waals surface area contributed by atoms with Crippen LogP contribution < -0.4 is 5.32 Å². The summed E-state index contributed by atoms with van der Waals surface area (Å²) in [5.41, 5.74) is 6.06. The Labute approximate surface area is 183 Å². The number of carbonyl (C=O) groups is 1. The number of benzene rings is 2. The number of anilines is 1. The van der Waals surface area contributed by atoms with Crippen LogP contribution in [0.3, 0.4) is 0 Å². The maximum atomic E-state index is 12.9. The topological polar surface area (TPSA) is 55.1 Å². The predicted molar refractivity (Wildman–Crippen MR) is 123 cm³/mol. The summed E-state index contributed by atoms with van der Waals surface area (Å²) in [6.45, 7) is 4.12. The summed E-state index contributed by atoms with van der Waals surface area (Å²) in [4.78, 5) is 17.6. The number of carbonyl (C=O) groups excluding carboxylic acids is 1. The molecule has 4 nitrogen and oxygen atoms in total. The monoisotopic (exact) mass is 414 g/mol. The van der Waals surface area contributed by atoms with Crippen LogP contribution in [0.2, 0.25) is 0 Å². The van der Waals surface area contributed by atoms with Crippen LogP contribution >= 0.6 is 0 Å². The molecule has 4 fully saturated rings. The lowest BCUT2D eigenvalue weighted by Gasteiger charge is -2.56. The minimum atomic E-state index is 0.169. The molecule has 160 valence electrons. The van der Waals surface area contributed by atoms with Crippen molar-refractivity contribution in [3.8, 4) is 11.5 Å². The first-order valence-electron chi connectivity index (χ1n) is 11.7. The van der Waals surface area contributed by atoms with Crippen molar-refractivity contribution in [1.29, 1.82) is 0 Å². The minimum Gasteiger partial charge on any atom is -0.436 e. The highest BCUT2D eigenvalue weighted by Gasteiger charge is 2.51. The Balaban J connectivity index is 1.16. The summed E-state index contributed by atoms with van der Waals surface area (Å²) in [6.07, 6.45) is 8.72. The first kappa shape index (κ1) is 19.1. The Bertz CT molecular complexity index is 1120. The smallest absolute Gasteiger partial charge is 0.227 e. The summed E-state index contributed by atoms with van der Waals surface area (Å²) in [5.74, 6) is 3.42. The second-order valence-electron chi connectivity index (χ2n) is 10.7. The number of hydrogen-bond acceptors (Lipinski definition) is 3. The number of amides is 1. The lowest BCUT2D eigenvalue weighted by Crippen LogP contribution is -2.47. The van der Waals surface area contributed by atoms with E-state index < -0.39 is 0 Å². The molecule has 0 aliphatic heterocycles. The van der Waals surface area contributed by atoms with E-state index in [0.29, 0.717) is 12.3 Å². The minimum absolute atomic E-state index is 0.169. The Morgan fingerprint density at radius 2 is 1.68 bits per heavy atom. The van der Waals surface area contributed by atoms with Crippen LogP contribution in [0, 0.1) is 37.0 Å². The Morgan fingerprint density at radius 1 is 1.03 bits per heavy atom. The Morgan fingerprint density at radius 3 is 2.32 bits per heavy atom. The van der Waals surface area contributed by atoms with Crippen LogP contribution in [0.25, 0.3) is 22.6 Å². The van der Waals surface area contributed by atoms with Gasteiger partial charge in [-0.05, 0) is 117 Å². The van der Waals surface area contributed by atoms with Gasteiger partial charge in [0.25, 0.3) is 0 Å². The van der Waals surface area contributed by atoms with E-state index >= 15 is 0 Å². The van der Waals surface area contributed by atoms with Gasteiger partial charge < -0.3 is 9.73 Å². The van der Waals surface area contributed by atoms with E-state index in [9.17, 15) is 4.79 Å². The van der Waals surface area contributed by atoms with Crippen LogP contribution in [0.1, 0.15) is 56.1 Å². The number of fused-ring (bicyclic) bond motifs is 1. The first-order valence-corrected chi connectivity index (χ1v) is 11.7. The van der Waals surface area contributed by atoms with Crippen molar-refractivity contribution < 1.29 is 9.21 Å². The third kappa shape index (κ3) is 3.46. The van der Waals surface area contributed by atoms with E-state index in [1.165, 1.54) is 44.1 Å². The number of rotatable bonds is 4. The van der Waals surface area contributed by atoms with Crippen molar-refractivity contribution >= 4 is 22.7 Å². The van der Waals surface area contributed by atoms with E-state index in [1.54, 1.807) is 0 Å². The van der Waals surface area contributed by atoms with Gasteiger partial charge in [0.15, 0.2) is 5.58 Å². The SMILES string of the molecule is Cc1cc(C)c2oc(-c3ccc(NC(=O)CC45CC6CC(CC(C6)C4)C5)cc3)nc2c1. The van der Waals surface area contributed by atoms with Gasteiger partial charge in [0.2, 0.25) is 11.8 Å². The van der Waals surface area contributed by atoms with Crippen LogP contribution in [0.4, 0.5) is 5.69 Å². The van der Waals surface area contributed by atoms with Gasteiger partial charge in [-0.2, -0.15) is 0 Å². The molecule has 31 heavy (non-hydrogen) atoms. The molecular weight excluding hydrogens is 384 g/mol. The standard InChI is InChI=1S/C27H30N2O2/c1-16-7-17(2)25-23(8-16)29-26(31-25)21-3-5-22(6-4-21)28-24(30)15-27-12-18-9-19(13-27)11-20(10-18)14-27/h3-8,18-20H,9-15H2,1-2H3,(H,28,30). The highest BCUT2D eigenvalue weighted by Crippen LogP contribution is 2.61. The number of hydrogen-bond donors (Lipinski definition) is 1. The molecular formula is C27H30N2O2. The highest BCUT2D eigenvalue weighted by atomic mass is 16.3. The Hall–Kier alpha value is -2.62. The average molecular weight is 415 g/mol. The van der Waals surface area contributed by atoms with Gasteiger partial charge in [0.05, 0.1) is 0 Å². The molecule has 0 spiro atoms. The molecule has 1 aromatic heterocycles. The van der Waals surface area contributed by atoms with E-state index in [2.05, 4.69) is 23.3 Å². The van der Waals surface area contributed by atoms with Gasteiger partial charge in [-0.25, -0.2) is 4.98 Å². The average Bonchev–Trinajstić information content (AvgIpc) is 3.11. The highest BCUT2D eigenvalue weighted by molar-refractivity contribution is 5.91. The molecule has 1 heterocycles. The summed E-state index contributed by atoms with van der Waals surface area (Å²) in [7, 11) is 0. The van der Waals surface area contributed by atoms with Gasteiger partial charge in [-0.3, -0.25) is 4.79 Å². The lowest BCUT2D eigenvalue weighted by molar-refractivity contribution is -0.124. The summed E-state index contributed by atoms with van der Waals surface area (Å²) >= 11 is 0. The molecule has 4 saturated carbocycles. The van der Waals surface area contributed by atoms with Gasteiger partial charge in [0.1, 0.15) is 5.52 Å². The van der Waals surface area contributed by atoms with Crippen molar-refractivity contribution in [2.75, 3.05) is 5.32 Å². The largest absolute Gasteiger partial charge is 0.436 e. The quantitative estimate of drug-likeness (QED) is 0.519. The third-order valence-corrected chi connectivity index (χ3v) is 7.94. The molecule has 4 bridgehead atoms. The molecule has 0 radical (unpaired) electrons. The molecule has 2 aromatic carbocycles. The number of nitrogens with zero attached hydrogens (tertiary/aromatic N) is 1. The van der Waals surface area contributed by atoms with Crippen molar-refractivity contribution in [2.24, 2.45) is 23.2 Å². The number of aromatic nitrogens is 1. The second kappa shape index (κ2) is 6.94. The first-order chi connectivity index (χ1) is 14.9. The van der Waals surface area contributed by atoms with Crippen molar-refractivity contribution in [2.45, 2.75) is 58.8 Å². The van der Waals surface area contributed by atoms with E-state index in [1.807, 2.05) is 37.3 Å². The molecule has 4 aliphatic rings. The second-order valence-corrected chi connectivity index (χ2v) is 10.7. The fourth-order valence-electron chi connectivity index (χ4n) is 7.25. The van der Waals surface area contributed by atoms with Crippen molar-refractivity contribution in [3.63, 3.8) is 0 Å². The molecule has 0 saturated heterocycles. The van der Waals surface area contributed by atoms with Crippen LogP contribution in [0.15, 0.2) is 40.8 Å². The van der Waals surface area contributed by atoms with Crippen LogP contribution in [-0.4, -0.2) is 10.9 Å². The van der Waals surface area contributed by atoms with Crippen molar-refractivity contribution in [1.82, 2.24) is 4.98 Å². The van der Waals surface area contributed by atoms with Gasteiger partial charge in [-0.1, -0.05) is 6.07 Å². The molecule has 4 aliphatic carbocycles. The van der Waals surface area contributed by atoms with E-state index in [4.69, 9.17) is 4.42 Å². The number of nitrogens with one attached hydrogen (secondary N) is 1. The fraction of sp³-hybridized carbons (Fsp3) is 0.481. The number of oxazole rings is 1. The molecule has 1 amide bonds. The molecule has 7 rings (SSSR count). The molecule has 0 unspecified atom stereocenters. The molecule has 1 N–H and O–H groups in total. The summed E-state index contributed by atoms with van der Waals surface area (Å²) in [6, 6.07) is 12.0. The molecule has 4 heteroatoms. The van der Waals surface area contributed by atoms with Crippen molar-refractivity contribution in [3.05, 3.63) is 47.5 Å². The summed E-state index contributed by atoms with van der Waals surface area (Å²) in [5, 5.41) is 3.15. The molecule has 3 aromatic rings. The zero-order chi connectivity index (χ0) is 21.2. The normalized spacial score (nSPS) is 28.9. The zero-order valence-electron chi connectivity index (χ0n) is 18.4. The third-order valence-electron chi connectivity index (χ3n) is 7.94. The van der Waals surface area contributed by atoms with Crippen LogP contribution in [0.5, 0.6) is 0 Å². The fourth-order valence-corrected chi connectivity index (χ4v) is 7.25. The van der Waals surface area contributed by atoms with Gasteiger partial charge >= 0.3 is 0 Å². The van der Waals surface area contributed by atoms with Gasteiger partial charge in [-0.15, -0.1) is 0 Å². The predicted octanol–water partition coefficient (Wildman–Crippen LogP) is 6.66. The van der Waals surface area contributed by atoms with E-state index in [-0.39, 0.29) is 11.3 Å². The summed E-state index contributed by atoms with van der Waals surface area (Å²) < 4.78 is 6.02. The Kier molecular flexibility index (Phi) is 4.28. The molecule has 0 atom stereocenters. The van der Waals surface area contributed by atoms with E-state index in [0.717, 1.165) is 45.7 Å². The van der Waals surface area contributed by atoms with Crippen LogP contribution in [-0.2, 0) is 4.79 Å². The zero-order valence-corrected chi connectivity index (χ0v) is 18.4. The maximum Gasteiger partial charge on any atom is 0.227 e. The lowest BCUT2D eigenvalue weighted by atomic mass is 9.49. The number of aryl methyl sites for hydroxylation is 2.